The molecule has 1 fully saturated rings. The molecule has 0 N–H and O–H groups in total. The fourth-order valence-electron chi connectivity index (χ4n) is 1.72. The zero-order chi connectivity index (χ0) is 10.1. The van der Waals surface area contributed by atoms with Crippen LogP contribution in [0, 0.1) is 0 Å². The fourth-order valence-corrected chi connectivity index (χ4v) is 4.02. The van der Waals surface area contributed by atoms with Crippen LogP contribution in [0.25, 0.3) is 0 Å². The second kappa shape index (κ2) is 4.29. The molecule has 0 radical (unpaired) electrons. The summed E-state index contributed by atoms with van der Waals surface area (Å²) >= 11 is 9.50. The lowest BCUT2D eigenvalue weighted by Gasteiger charge is -2.34. The van der Waals surface area contributed by atoms with Crippen molar-refractivity contribution in [2.45, 2.75) is 24.3 Å². The van der Waals surface area contributed by atoms with E-state index in [0.717, 1.165) is 18.2 Å². The van der Waals surface area contributed by atoms with E-state index in [4.69, 9.17) is 11.6 Å². The van der Waals surface area contributed by atoms with Gasteiger partial charge in [-0.15, -0.1) is 11.3 Å². The third-order valence-electron chi connectivity index (χ3n) is 2.15. The second-order valence-corrected chi connectivity index (χ2v) is 6.72. The van der Waals surface area contributed by atoms with Gasteiger partial charge in [0.15, 0.2) is 5.13 Å². The molecule has 0 saturated carbocycles. The molecule has 0 spiro atoms. The van der Waals surface area contributed by atoms with Gasteiger partial charge < -0.3 is 4.90 Å². The number of hydrogen-bond acceptors (Lipinski definition) is 4. The Bertz CT molecular complexity index is 306. The Morgan fingerprint density at radius 3 is 2.57 bits per heavy atom. The van der Waals surface area contributed by atoms with Gasteiger partial charge in [0.25, 0.3) is 0 Å². The van der Waals surface area contributed by atoms with Crippen LogP contribution in [0.1, 0.15) is 13.8 Å². The highest BCUT2D eigenvalue weighted by Gasteiger charge is 2.23. The van der Waals surface area contributed by atoms with Crippen molar-refractivity contribution in [2.75, 3.05) is 18.0 Å². The molecule has 2 nitrogen and oxygen atoms in total. The minimum absolute atomic E-state index is 0.614. The first-order chi connectivity index (χ1) is 6.65. The maximum atomic E-state index is 5.82. The maximum absolute atomic E-state index is 5.82. The number of nitrogens with zero attached hydrogens (tertiary/aromatic N) is 2. The summed E-state index contributed by atoms with van der Waals surface area (Å²) in [6.45, 7) is 6.70. The van der Waals surface area contributed by atoms with E-state index in [1.165, 1.54) is 0 Å². The summed E-state index contributed by atoms with van der Waals surface area (Å²) in [5, 5.41) is 4.94. The summed E-state index contributed by atoms with van der Waals surface area (Å²) in [5.74, 6) is 0. The molecule has 2 atom stereocenters. The Morgan fingerprint density at radius 2 is 2.07 bits per heavy atom. The largest absolute Gasteiger partial charge is 0.346 e. The lowest BCUT2D eigenvalue weighted by Crippen LogP contribution is -2.40. The molecule has 14 heavy (non-hydrogen) atoms. The molecule has 0 aromatic carbocycles. The Hall–Kier alpha value is 0.0700. The molecular weight excluding hydrogens is 236 g/mol. The minimum atomic E-state index is 0.614. The SMILES string of the molecule is CC1CN(c2nc(Cl)cs2)CC(C)S1. The van der Waals surface area contributed by atoms with Gasteiger partial charge in [0.2, 0.25) is 0 Å². The first kappa shape index (κ1) is 10.6. The van der Waals surface area contributed by atoms with Crippen molar-refractivity contribution in [3.05, 3.63) is 10.5 Å². The summed E-state index contributed by atoms with van der Waals surface area (Å²) in [7, 11) is 0. The highest BCUT2D eigenvalue weighted by atomic mass is 35.5. The molecule has 1 saturated heterocycles. The third kappa shape index (κ3) is 2.35. The van der Waals surface area contributed by atoms with Gasteiger partial charge in [-0.05, 0) is 0 Å². The van der Waals surface area contributed by atoms with Crippen LogP contribution in [0.2, 0.25) is 5.15 Å². The van der Waals surface area contributed by atoms with Gasteiger partial charge in [-0.25, -0.2) is 4.98 Å². The van der Waals surface area contributed by atoms with Gasteiger partial charge >= 0.3 is 0 Å². The highest BCUT2D eigenvalue weighted by molar-refractivity contribution is 8.00. The van der Waals surface area contributed by atoms with Crippen LogP contribution in [0.3, 0.4) is 0 Å². The average Bonchev–Trinajstić information content (AvgIpc) is 2.50. The van der Waals surface area contributed by atoms with Crippen LogP contribution in [0.4, 0.5) is 5.13 Å². The number of hydrogen-bond donors (Lipinski definition) is 0. The van der Waals surface area contributed by atoms with Crippen molar-refractivity contribution in [1.29, 1.82) is 0 Å². The van der Waals surface area contributed by atoms with Crippen LogP contribution in [-0.4, -0.2) is 28.6 Å². The van der Waals surface area contributed by atoms with E-state index in [9.17, 15) is 0 Å². The smallest absolute Gasteiger partial charge is 0.186 e. The molecule has 78 valence electrons. The Balaban J connectivity index is 2.10. The molecule has 1 aliphatic rings. The van der Waals surface area contributed by atoms with E-state index in [1.807, 2.05) is 17.1 Å². The number of halogens is 1. The van der Waals surface area contributed by atoms with Crippen LogP contribution in [0.15, 0.2) is 5.38 Å². The van der Waals surface area contributed by atoms with Gasteiger partial charge in [0.05, 0.1) is 0 Å². The molecule has 0 amide bonds. The minimum Gasteiger partial charge on any atom is -0.346 e. The summed E-state index contributed by atoms with van der Waals surface area (Å²) in [6.07, 6.45) is 0. The monoisotopic (exact) mass is 248 g/mol. The van der Waals surface area contributed by atoms with Crippen molar-refractivity contribution in [3.8, 4) is 0 Å². The second-order valence-electron chi connectivity index (χ2n) is 3.62. The van der Waals surface area contributed by atoms with E-state index >= 15 is 0 Å². The van der Waals surface area contributed by atoms with Gasteiger partial charge in [-0.1, -0.05) is 25.4 Å². The first-order valence-corrected chi connectivity index (χ1v) is 6.86. The summed E-state index contributed by atoms with van der Waals surface area (Å²) < 4.78 is 0. The van der Waals surface area contributed by atoms with Crippen LogP contribution in [0.5, 0.6) is 0 Å². The fraction of sp³-hybridized carbons (Fsp3) is 0.667. The highest BCUT2D eigenvalue weighted by Crippen LogP contribution is 2.31. The third-order valence-corrected chi connectivity index (χ3v) is 4.61. The van der Waals surface area contributed by atoms with E-state index < -0.39 is 0 Å². The molecule has 0 aliphatic carbocycles. The van der Waals surface area contributed by atoms with Crippen LogP contribution in [-0.2, 0) is 0 Å². The van der Waals surface area contributed by atoms with E-state index in [2.05, 4.69) is 23.7 Å². The number of thioether (sulfide) groups is 1. The van der Waals surface area contributed by atoms with E-state index in [0.29, 0.717) is 15.7 Å². The van der Waals surface area contributed by atoms with Gasteiger partial charge in [-0.2, -0.15) is 11.8 Å². The summed E-state index contributed by atoms with van der Waals surface area (Å²) in [4.78, 5) is 6.64. The molecule has 1 aromatic rings. The molecular formula is C9H13ClN2S2. The molecule has 1 aliphatic heterocycles. The Morgan fingerprint density at radius 1 is 1.43 bits per heavy atom. The van der Waals surface area contributed by atoms with Gasteiger partial charge in [0, 0.05) is 29.0 Å². The number of anilines is 1. The number of thiazole rings is 1. The standard InChI is InChI=1S/C9H13ClN2S2/c1-6-3-12(4-7(2)14-6)9-11-8(10)5-13-9/h5-7H,3-4H2,1-2H3. The molecule has 1 aromatic heterocycles. The average molecular weight is 249 g/mol. The van der Waals surface area contributed by atoms with Crippen molar-refractivity contribution in [3.63, 3.8) is 0 Å². The maximum Gasteiger partial charge on any atom is 0.186 e. The lowest BCUT2D eigenvalue weighted by atomic mass is 10.3. The van der Waals surface area contributed by atoms with Gasteiger partial charge in [-0.3, -0.25) is 0 Å². The van der Waals surface area contributed by atoms with E-state index in [-0.39, 0.29) is 0 Å². The van der Waals surface area contributed by atoms with Gasteiger partial charge in [0.1, 0.15) is 5.15 Å². The number of aromatic nitrogens is 1. The molecule has 5 heteroatoms. The van der Waals surface area contributed by atoms with Crippen LogP contribution < -0.4 is 4.90 Å². The van der Waals surface area contributed by atoms with Crippen molar-refractivity contribution in [1.82, 2.24) is 4.98 Å². The summed E-state index contributed by atoms with van der Waals surface area (Å²) in [6, 6.07) is 0. The Kier molecular flexibility index (Phi) is 3.24. The molecule has 2 unspecified atom stereocenters. The predicted octanol–water partition coefficient (Wildman–Crippen LogP) is 3.13. The first-order valence-electron chi connectivity index (χ1n) is 4.66. The number of rotatable bonds is 1. The van der Waals surface area contributed by atoms with E-state index in [1.54, 1.807) is 11.3 Å². The topological polar surface area (TPSA) is 16.1 Å². The Labute approximate surface area is 97.7 Å². The molecule has 2 rings (SSSR count). The normalized spacial score (nSPS) is 28.1. The zero-order valence-corrected chi connectivity index (χ0v) is 10.6. The lowest BCUT2D eigenvalue weighted by molar-refractivity contribution is 0.726. The predicted molar refractivity (Wildman–Crippen MR) is 65.9 cm³/mol. The van der Waals surface area contributed by atoms with Crippen molar-refractivity contribution < 1.29 is 0 Å². The van der Waals surface area contributed by atoms with Crippen LogP contribution >= 0.6 is 34.7 Å². The zero-order valence-electron chi connectivity index (χ0n) is 8.24. The quantitative estimate of drug-likeness (QED) is 0.760. The molecule has 0 bridgehead atoms. The van der Waals surface area contributed by atoms with Crippen molar-refractivity contribution >= 4 is 39.8 Å². The summed E-state index contributed by atoms with van der Waals surface area (Å²) in [5.41, 5.74) is 0. The molecule has 2 heterocycles. The van der Waals surface area contributed by atoms with Crippen molar-refractivity contribution in [2.24, 2.45) is 0 Å².